The Morgan fingerprint density at radius 3 is 1.62 bits per heavy atom. The molecule has 0 aliphatic rings. The van der Waals surface area contributed by atoms with Gasteiger partial charge in [-0.3, -0.25) is 0 Å². The van der Waals surface area contributed by atoms with Crippen LogP contribution in [-0.4, -0.2) is 26.2 Å². The van der Waals surface area contributed by atoms with Crippen molar-refractivity contribution in [2.75, 3.05) is 14.2 Å². The minimum Gasteiger partial charge on any atom is -0.472 e. The zero-order chi connectivity index (χ0) is 10.1. The van der Waals surface area contributed by atoms with E-state index < -0.39 is 11.9 Å². The van der Waals surface area contributed by atoms with Crippen molar-refractivity contribution in [3.8, 4) is 0 Å². The van der Waals surface area contributed by atoms with E-state index in [9.17, 15) is 9.59 Å². The first-order valence-corrected chi connectivity index (χ1v) is 3.35. The molecule has 0 N–H and O–H groups in total. The zero-order valence-electron chi connectivity index (χ0n) is 7.35. The van der Waals surface area contributed by atoms with Crippen molar-refractivity contribution < 1.29 is 23.8 Å². The first kappa shape index (κ1) is 11.2. The van der Waals surface area contributed by atoms with Gasteiger partial charge in [0.15, 0.2) is 0 Å². The maximum absolute atomic E-state index is 10.5. The molecule has 0 bridgehead atoms. The van der Waals surface area contributed by atoms with Crippen LogP contribution < -0.4 is 0 Å². The third kappa shape index (κ3) is 6.61. The maximum atomic E-state index is 10.5. The van der Waals surface area contributed by atoms with Gasteiger partial charge in [0.25, 0.3) is 0 Å². The summed E-state index contributed by atoms with van der Waals surface area (Å²) in [5, 5.41) is 0. The molecule has 0 unspecified atom stereocenters. The predicted octanol–water partition coefficient (Wildman–Crippen LogP) is 0.376. The van der Waals surface area contributed by atoms with Gasteiger partial charge in [0.2, 0.25) is 0 Å². The van der Waals surface area contributed by atoms with Crippen LogP contribution in [0, 0.1) is 0 Å². The molecular weight excluding hydrogens is 176 g/mol. The Morgan fingerprint density at radius 2 is 1.31 bits per heavy atom. The molecule has 72 valence electrons. The summed E-state index contributed by atoms with van der Waals surface area (Å²) in [7, 11) is 2.49. The number of esters is 2. The summed E-state index contributed by atoms with van der Waals surface area (Å²) in [6.45, 7) is 0. The molecule has 0 aromatic heterocycles. The fourth-order valence-corrected chi connectivity index (χ4v) is 0.371. The van der Waals surface area contributed by atoms with Gasteiger partial charge in [-0.1, -0.05) is 0 Å². The van der Waals surface area contributed by atoms with Crippen molar-refractivity contribution in [1.82, 2.24) is 0 Å². The molecule has 0 aromatic carbocycles. The number of rotatable bonds is 4. The second kappa shape index (κ2) is 6.90. The van der Waals surface area contributed by atoms with Crippen LogP contribution in [-0.2, 0) is 23.8 Å². The molecule has 0 saturated heterocycles. The molecule has 0 aromatic rings. The van der Waals surface area contributed by atoms with Gasteiger partial charge in [-0.15, -0.1) is 0 Å². The summed E-state index contributed by atoms with van der Waals surface area (Å²) in [6.07, 6.45) is 4.32. The first-order chi connectivity index (χ1) is 6.20. The fourth-order valence-electron chi connectivity index (χ4n) is 0.371. The molecule has 0 saturated carbocycles. The molecule has 5 heteroatoms. The topological polar surface area (TPSA) is 61.8 Å². The number of carbonyl (C=O) groups excluding carboxylic acids is 2. The van der Waals surface area contributed by atoms with Crippen LogP contribution in [0.4, 0.5) is 0 Å². The summed E-state index contributed by atoms with van der Waals surface area (Å²) in [4.78, 5) is 20.9. The highest BCUT2D eigenvalue weighted by molar-refractivity contribution is 5.82. The minimum atomic E-state index is -0.536. The van der Waals surface area contributed by atoms with Crippen LogP contribution >= 0.6 is 0 Å². The minimum absolute atomic E-state index is 0.536. The highest BCUT2D eigenvalue weighted by Gasteiger charge is 1.90. The third-order valence-electron chi connectivity index (χ3n) is 0.968. The van der Waals surface area contributed by atoms with Crippen molar-refractivity contribution >= 4 is 11.9 Å². The van der Waals surface area contributed by atoms with Gasteiger partial charge in [0, 0.05) is 0 Å². The fraction of sp³-hybridized carbons (Fsp3) is 0.250. The van der Waals surface area contributed by atoms with Gasteiger partial charge in [0.05, 0.1) is 38.9 Å². The molecule has 0 heterocycles. The average Bonchev–Trinajstić information content (AvgIpc) is 2.16. The first-order valence-electron chi connectivity index (χ1n) is 3.35. The van der Waals surface area contributed by atoms with E-state index in [1.807, 2.05) is 0 Å². The zero-order valence-corrected chi connectivity index (χ0v) is 7.35. The van der Waals surface area contributed by atoms with Crippen molar-refractivity contribution in [1.29, 1.82) is 0 Å². The average molecular weight is 186 g/mol. The quantitative estimate of drug-likeness (QED) is 0.360. The van der Waals surface area contributed by atoms with Gasteiger partial charge in [0.1, 0.15) is 0 Å². The van der Waals surface area contributed by atoms with E-state index >= 15 is 0 Å². The lowest BCUT2D eigenvalue weighted by Gasteiger charge is -1.91. The van der Waals surface area contributed by atoms with E-state index in [1.165, 1.54) is 14.2 Å². The summed E-state index contributed by atoms with van der Waals surface area (Å²) < 4.78 is 13.2. The van der Waals surface area contributed by atoms with E-state index in [-0.39, 0.29) is 0 Å². The normalized spacial score (nSPS) is 10.3. The van der Waals surface area contributed by atoms with Crippen LogP contribution in [0.15, 0.2) is 24.7 Å². The number of hydrogen-bond acceptors (Lipinski definition) is 5. The Morgan fingerprint density at radius 1 is 0.923 bits per heavy atom. The number of carbonyl (C=O) groups is 2. The molecule has 0 spiro atoms. The Kier molecular flexibility index (Phi) is 5.96. The summed E-state index contributed by atoms with van der Waals surface area (Å²) >= 11 is 0. The van der Waals surface area contributed by atoms with Crippen molar-refractivity contribution in [2.45, 2.75) is 0 Å². The molecule has 0 amide bonds. The number of hydrogen-bond donors (Lipinski definition) is 0. The number of methoxy groups -OCH3 is 2. The van der Waals surface area contributed by atoms with E-state index in [1.54, 1.807) is 0 Å². The lowest BCUT2D eigenvalue weighted by Crippen LogP contribution is -1.94. The largest absolute Gasteiger partial charge is 0.472 e. The van der Waals surface area contributed by atoms with Gasteiger partial charge in [-0.25, -0.2) is 9.59 Å². The molecule has 0 rings (SSSR count). The summed E-state index contributed by atoms with van der Waals surface area (Å²) in [5.74, 6) is -1.07. The standard InChI is InChI=1S/C8H10O5/c1-11-7(9)3-5-13-6-4-8(10)12-2/h3-6H,1-2H3/b5-3+,6-4+. The molecule has 0 atom stereocenters. The smallest absolute Gasteiger partial charge is 0.333 e. The highest BCUT2D eigenvalue weighted by atomic mass is 16.5. The maximum Gasteiger partial charge on any atom is 0.333 e. The van der Waals surface area contributed by atoms with E-state index in [2.05, 4.69) is 14.2 Å². The molecule has 0 fully saturated rings. The molecule has 0 aliphatic heterocycles. The van der Waals surface area contributed by atoms with E-state index in [0.29, 0.717) is 0 Å². The number of ether oxygens (including phenoxy) is 3. The molecular formula is C8H10O5. The van der Waals surface area contributed by atoms with Crippen molar-refractivity contribution in [3.63, 3.8) is 0 Å². The van der Waals surface area contributed by atoms with E-state index in [4.69, 9.17) is 0 Å². The predicted molar refractivity (Wildman–Crippen MR) is 43.4 cm³/mol. The van der Waals surface area contributed by atoms with Gasteiger partial charge in [-0.2, -0.15) is 0 Å². The Balaban J connectivity index is 3.66. The van der Waals surface area contributed by atoms with Crippen LogP contribution in [0.2, 0.25) is 0 Å². The molecule has 5 nitrogen and oxygen atoms in total. The van der Waals surface area contributed by atoms with Gasteiger partial charge < -0.3 is 14.2 Å². The van der Waals surface area contributed by atoms with Crippen molar-refractivity contribution in [3.05, 3.63) is 24.7 Å². The van der Waals surface area contributed by atoms with Crippen LogP contribution in [0.3, 0.4) is 0 Å². The van der Waals surface area contributed by atoms with Crippen molar-refractivity contribution in [2.24, 2.45) is 0 Å². The SMILES string of the molecule is COC(=O)/C=C/O/C=C/C(=O)OC. The van der Waals surface area contributed by atoms with Gasteiger partial charge >= 0.3 is 11.9 Å². The Bertz CT molecular complexity index is 205. The second-order valence-electron chi connectivity index (χ2n) is 1.79. The summed E-state index contributed by atoms with van der Waals surface area (Å²) in [6, 6.07) is 0. The van der Waals surface area contributed by atoms with Gasteiger partial charge in [-0.05, 0) is 0 Å². The Labute approximate surface area is 75.6 Å². The third-order valence-corrected chi connectivity index (χ3v) is 0.968. The summed E-state index contributed by atoms with van der Waals surface area (Å²) in [5.41, 5.74) is 0. The van der Waals surface area contributed by atoms with E-state index in [0.717, 1.165) is 24.7 Å². The monoisotopic (exact) mass is 186 g/mol. The molecule has 0 aliphatic carbocycles. The molecule has 13 heavy (non-hydrogen) atoms. The van der Waals surface area contributed by atoms with Crippen LogP contribution in [0.25, 0.3) is 0 Å². The second-order valence-corrected chi connectivity index (χ2v) is 1.79. The Hall–Kier alpha value is -1.78. The molecule has 0 radical (unpaired) electrons. The van der Waals surface area contributed by atoms with Crippen LogP contribution in [0.5, 0.6) is 0 Å². The highest BCUT2D eigenvalue weighted by Crippen LogP contribution is 1.84. The van der Waals surface area contributed by atoms with Crippen LogP contribution in [0.1, 0.15) is 0 Å². The lowest BCUT2D eigenvalue weighted by molar-refractivity contribution is -0.135. The lowest BCUT2D eigenvalue weighted by atomic mass is 10.6.